The van der Waals surface area contributed by atoms with Crippen molar-refractivity contribution in [3.63, 3.8) is 0 Å². The molecule has 0 amide bonds. The maximum Gasteiger partial charge on any atom is 0.155 e. The second kappa shape index (κ2) is 5.92. The number of nitrogens with one attached hydrogen (secondary N) is 2. The van der Waals surface area contributed by atoms with Crippen molar-refractivity contribution in [3.8, 4) is 11.4 Å². The predicted octanol–water partition coefficient (Wildman–Crippen LogP) is 1.74. The van der Waals surface area contributed by atoms with Gasteiger partial charge >= 0.3 is 0 Å². The lowest BCUT2D eigenvalue weighted by Crippen LogP contribution is -2.46. The third-order valence-electron chi connectivity index (χ3n) is 4.31. The Morgan fingerprint density at radius 2 is 2.17 bits per heavy atom. The van der Waals surface area contributed by atoms with Gasteiger partial charge in [-0.25, -0.2) is 9.97 Å². The summed E-state index contributed by atoms with van der Waals surface area (Å²) >= 11 is 0. The van der Waals surface area contributed by atoms with Crippen molar-refractivity contribution >= 4 is 11.5 Å². The van der Waals surface area contributed by atoms with Gasteiger partial charge < -0.3 is 10.6 Å². The maximum absolute atomic E-state index is 4.71. The summed E-state index contributed by atoms with van der Waals surface area (Å²) in [6.45, 7) is 3.28. The first-order chi connectivity index (χ1) is 11.3. The van der Waals surface area contributed by atoms with Crippen molar-refractivity contribution in [1.29, 1.82) is 0 Å². The van der Waals surface area contributed by atoms with Crippen LogP contribution >= 0.6 is 0 Å². The third-order valence-corrected chi connectivity index (χ3v) is 4.31. The van der Waals surface area contributed by atoms with Crippen LogP contribution in [-0.2, 0) is 0 Å². The van der Waals surface area contributed by atoms with Crippen LogP contribution in [0.4, 0.5) is 5.82 Å². The number of rotatable bonds is 3. The number of nitrogens with zero attached hydrogens (tertiary/aromatic N) is 5. The highest BCUT2D eigenvalue weighted by molar-refractivity contribution is 5.60. The van der Waals surface area contributed by atoms with Gasteiger partial charge in [0, 0.05) is 24.5 Å². The van der Waals surface area contributed by atoms with E-state index in [1.54, 1.807) is 31.0 Å². The zero-order valence-electron chi connectivity index (χ0n) is 13.0. The molecule has 0 radical (unpaired) electrons. The van der Waals surface area contributed by atoms with E-state index in [1.165, 1.54) is 6.42 Å². The van der Waals surface area contributed by atoms with Gasteiger partial charge in [0.15, 0.2) is 5.65 Å². The van der Waals surface area contributed by atoms with E-state index in [-0.39, 0.29) is 0 Å². The van der Waals surface area contributed by atoms with E-state index in [4.69, 9.17) is 4.98 Å². The Morgan fingerprint density at radius 3 is 3.09 bits per heavy atom. The van der Waals surface area contributed by atoms with Crippen molar-refractivity contribution in [2.45, 2.75) is 31.8 Å². The number of fused-ring (bicyclic) bond motifs is 1. The molecule has 2 atom stereocenters. The maximum atomic E-state index is 4.71. The molecule has 1 aliphatic rings. The highest BCUT2D eigenvalue weighted by Gasteiger charge is 2.21. The minimum atomic E-state index is 0.375. The van der Waals surface area contributed by atoms with E-state index in [0.717, 1.165) is 35.8 Å². The van der Waals surface area contributed by atoms with E-state index < -0.39 is 0 Å². The summed E-state index contributed by atoms with van der Waals surface area (Å²) in [5, 5.41) is 6.99. The molecule has 7 nitrogen and oxygen atoms in total. The molecule has 118 valence electrons. The Bertz CT molecular complexity index is 813. The zero-order valence-corrected chi connectivity index (χ0v) is 13.0. The zero-order chi connectivity index (χ0) is 15.6. The molecular formula is C16H19N7. The number of hydrogen-bond acceptors (Lipinski definition) is 6. The van der Waals surface area contributed by atoms with E-state index in [9.17, 15) is 0 Å². The lowest BCUT2D eigenvalue weighted by molar-refractivity contribution is 0.388. The van der Waals surface area contributed by atoms with Crippen LogP contribution in [0.2, 0.25) is 0 Å². The van der Waals surface area contributed by atoms with E-state index >= 15 is 0 Å². The first-order valence-electron chi connectivity index (χ1n) is 7.91. The Hall–Kier alpha value is -2.54. The van der Waals surface area contributed by atoms with Crippen molar-refractivity contribution in [2.75, 3.05) is 11.9 Å². The number of aromatic nitrogens is 5. The largest absolute Gasteiger partial charge is 0.364 e. The molecule has 0 unspecified atom stereocenters. The smallest absolute Gasteiger partial charge is 0.155 e. The summed E-state index contributed by atoms with van der Waals surface area (Å²) in [5.74, 6) is 0.798. The number of piperidine rings is 1. The summed E-state index contributed by atoms with van der Waals surface area (Å²) in [6, 6.07) is 0.802. The molecule has 1 fully saturated rings. The van der Waals surface area contributed by atoms with E-state index in [1.807, 2.05) is 10.6 Å². The highest BCUT2D eigenvalue weighted by atomic mass is 15.1. The Balaban J connectivity index is 1.63. The molecule has 1 aliphatic heterocycles. The highest BCUT2D eigenvalue weighted by Crippen LogP contribution is 2.20. The van der Waals surface area contributed by atoms with Gasteiger partial charge in [-0.05, 0) is 26.3 Å². The fourth-order valence-corrected chi connectivity index (χ4v) is 3.02. The quantitative estimate of drug-likeness (QED) is 0.767. The molecule has 7 heteroatoms. The molecular weight excluding hydrogens is 290 g/mol. The molecule has 3 aromatic heterocycles. The van der Waals surface area contributed by atoms with Crippen LogP contribution in [0.3, 0.4) is 0 Å². The Kier molecular flexibility index (Phi) is 3.63. The molecule has 1 saturated heterocycles. The molecule has 0 saturated carbocycles. The first kappa shape index (κ1) is 14.1. The Labute approximate surface area is 134 Å². The van der Waals surface area contributed by atoms with Crippen molar-refractivity contribution in [2.24, 2.45) is 0 Å². The molecule has 0 aromatic carbocycles. The minimum Gasteiger partial charge on any atom is -0.364 e. The van der Waals surface area contributed by atoms with Crippen molar-refractivity contribution in [1.82, 2.24) is 29.7 Å². The van der Waals surface area contributed by atoms with Crippen molar-refractivity contribution < 1.29 is 0 Å². The number of imidazole rings is 1. The third kappa shape index (κ3) is 2.75. The minimum absolute atomic E-state index is 0.375. The SMILES string of the molecule is C[C@H]1NCCC[C@H]1Nc1cncc(-c2cnc3cnccn23)n1. The fourth-order valence-electron chi connectivity index (χ4n) is 3.02. The second-order valence-corrected chi connectivity index (χ2v) is 5.87. The lowest BCUT2D eigenvalue weighted by atomic mass is 10.00. The number of hydrogen-bond donors (Lipinski definition) is 2. The number of anilines is 1. The summed E-state index contributed by atoms with van der Waals surface area (Å²) in [6.07, 6.45) is 13.0. The first-order valence-corrected chi connectivity index (χ1v) is 7.91. The Morgan fingerprint density at radius 1 is 1.22 bits per heavy atom. The van der Waals surface area contributed by atoms with Crippen LogP contribution in [0.5, 0.6) is 0 Å². The van der Waals surface area contributed by atoms with Crippen LogP contribution < -0.4 is 10.6 Å². The molecule has 0 bridgehead atoms. The van der Waals surface area contributed by atoms with Crippen LogP contribution in [-0.4, -0.2) is 43.0 Å². The van der Waals surface area contributed by atoms with Gasteiger partial charge in [-0.3, -0.25) is 14.4 Å². The summed E-state index contributed by atoms with van der Waals surface area (Å²) < 4.78 is 1.96. The molecule has 4 rings (SSSR count). The topological polar surface area (TPSA) is 80.0 Å². The summed E-state index contributed by atoms with van der Waals surface area (Å²) in [7, 11) is 0. The van der Waals surface area contributed by atoms with Gasteiger partial charge in [-0.2, -0.15) is 0 Å². The van der Waals surface area contributed by atoms with E-state index in [2.05, 4.69) is 32.5 Å². The lowest BCUT2D eigenvalue weighted by Gasteiger charge is -2.30. The summed E-state index contributed by atoms with van der Waals surface area (Å²) in [4.78, 5) is 17.5. The standard InChI is InChI=1S/C16H19N7/c1-11-12(3-2-4-19-11)21-15-9-18-7-13(22-15)14-8-20-16-10-17-5-6-23(14)16/h5-12,19H,2-4H2,1H3,(H,21,22)/t11-,12-/m1/s1. The molecule has 2 N–H and O–H groups in total. The predicted molar refractivity (Wildman–Crippen MR) is 88.1 cm³/mol. The van der Waals surface area contributed by atoms with Crippen molar-refractivity contribution in [3.05, 3.63) is 37.2 Å². The second-order valence-electron chi connectivity index (χ2n) is 5.87. The molecule has 0 spiro atoms. The van der Waals surface area contributed by atoms with Gasteiger partial charge in [0.1, 0.15) is 11.5 Å². The summed E-state index contributed by atoms with van der Waals surface area (Å²) in [5.41, 5.74) is 2.51. The fraction of sp³-hybridized carbons (Fsp3) is 0.375. The van der Waals surface area contributed by atoms with E-state index in [0.29, 0.717) is 12.1 Å². The average Bonchev–Trinajstić information content (AvgIpc) is 3.01. The monoisotopic (exact) mass is 309 g/mol. The molecule has 4 heterocycles. The molecule has 0 aliphatic carbocycles. The van der Waals surface area contributed by atoms with Gasteiger partial charge in [0.05, 0.1) is 30.5 Å². The molecule has 23 heavy (non-hydrogen) atoms. The van der Waals surface area contributed by atoms with Crippen LogP contribution in [0, 0.1) is 0 Å². The normalized spacial score (nSPS) is 21.4. The molecule has 3 aromatic rings. The van der Waals surface area contributed by atoms with Gasteiger partial charge in [-0.15, -0.1) is 0 Å². The van der Waals surface area contributed by atoms with Crippen LogP contribution in [0.15, 0.2) is 37.2 Å². The van der Waals surface area contributed by atoms with Crippen LogP contribution in [0.1, 0.15) is 19.8 Å². The van der Waals surface area contributed by atoms with Gasteiger partial charge in [-0.1, -0.05) is 0 Å². The van der Waals surface area contributed by atoms with Gasteiger partial charge in [0.25, 0.3) is 0 Å². The van der Waals surface area contributed by atoms with Gasteiger partial charge in [0.2, 0.25) is 0 Å². The average molecular weight is 309 g/mol. The van der Waals surface area contributed by atoms with Crippen LogP contribution in [0.25, 0.3) is 17.0 Å².